The van der Waals surface area contributed by atoms with E-state index in [1.54, 1.807) is 0 Å². The van der Waals surface area contributed by atoms with Crippen molar-refractivity contribution in [2.45, 2.75) is 51.5 Å². The smallest absolute Gasteiger partial charge is 0.231 e. The van der Waals surface area contributed by atoms with Crippen molar-refractivity contribution >= 4 is 5.91 Å². The number of carbonyl (C=O) groups excluding carboxylic acids is 1. The summed E-state index contributed by atoms with van der Waals surface area (Å²) in [4.78, 5) is 13.0. The van der Waals surface area contributed by atoms with Gasteiger partial charge in [-0.3, -0.25) is 9.69 Å². The summed E-state index contributed by atoms with van der Waals surface area (Å²) in [5, 5.41) is 3.74. The van der Waals surface area contributed by atoms with E-state index in [0.717, 1.165) is 37.8 Å². The first-order valence-corrected chi connectivity index (χ1v) is 7.87. The number of piperidine rings is 1. The van der Waals surface area contributed by atoms with Gasteiger partial charge in [-0.05, 0) is 44.1 Å². The summed E-state index contributed by atoms with van der Waals surface area (Å²) in [5.41, 5.74) is 5.23. The monoisotopic (exact) mass is 267 g/mol. The lowest BCUT2D eigenvalue weighted by Gasteiger charge is -2.33. The van der Waals surface area contributed by atoms with Gasteiger partial charge in [0.25, 0.3) is 0 Å². The molecular weight excluding hydrogens is 238 g/mol. The highest BCUT2D eigenvalue weighted by atomic mass is 16.1. The van der Waals surface area contributed by atoms with Crippen molar-refractivity contribution in [2.75, 3.05) is 26.2 Å². The van der Waals surface area contributed by atoms with E-state index in [2.05, 4.69) is 17.1 Å². The van der Waals surface area contributed by atoms with Crippen LogP contribution in [0.5, 0.6) is 0 Å². The molecule has 0 bridgehead atoms. The van der Waals surface area contributed by atoms with Crippen molar-refractivity contribution in [2.24, 2.45) is 17.6 Å². The number of hydrogen-bond acceptors (Lipinski definition) is 3. The molecule has 2 atom stereocenters. The van der Waals surface area contributed by atoms with Gasteiger partial charge in [-0.1, -0.05) is 19.8 Å². The topological polar surface area (TPSA) is 58.4 Å². The summed E-state index contributed by atoms with van der Waals surface area (Å²) < 4.78 is 0. The predicted octanol–water partition coefficient (Wildman–Crippen LogP) is 1.35. The molecule has 0 aromatic carbocycles. The number of nitrogens with zero attached hydrogens (tertiary/aromatic N) is 1. The predicted molar refractivity (Wildman–Crippen MR) is 77.8 cm³/mol. The second-order valence-electron chi connectivity index (χ2n) is 6.56. The molecule has 110 valence electrons. The molecule has 2 rings (SSSR count). The fourth-order valence-corrected chi connectivity index (χ4v) is 3.59. The van der Waals surface area contributed by atoms with Gasteiger partial charge in [0.2, 0.25) is 5.91 Å². The minimum absolute atomic E-state index is 0.206. The molecule has 2 fully saturated rings. The second-order valence-corrected chi connectivity index (χ2v) is 6.56. The Kier molecular flexibility index (Phi) is 5.64. The largest absolute Gasteiger partial charge is 0.369 e. The molecule has 0 aromatic heterocycles. The highest BCUT2D eigenvalue weighted by Crippen LogP contribution is 2.28. The van der Waals surface area contributed by atoms with Crippen molar-refractivity contribution in [1.29, 1.82) is 0 Å². The van der Waals surface area contributed by atoms with Crippen LogP contribution in [0.25, 0.3) is 0 Å². The Morgan fingerprint density at radius 1 is 1.26 bits per heavy atom. The van der Waals surface area contributed by atoms with E-state index < -0.39 is 0 Å². The van der Waals surface area contributed by atoms with Gasteiger partial charge in [0, 0.05) is 19.1 Å². The molecule has 19 heavy (non-hydrogen) atoms. The average molecular weight is 267 g/mol. The molecule has 1 heterocycles. The first-order valence-electron chi connectivity index (χ1n) is 7.87. The van der Waals surface area contributed by atoms with Crippen LogP contribution in [0.2, 0.25) is 0 Å². The van der Waals surface area contributed by atoms with Crippen LogP contribution in [-0.2, 0) is 4.79 Å². The number of likely N-dealkylation sites (tertiary alicyclic amines) is 1. The van der Waals surface area contributed by atoms with E-state index in [-0.39, 0.29) is 5.91 Å². The number of hydrogen-bond donors (Lipinski definition) is 2. The number of nitrogens with one attached hydrogen (secondary N) is 1. The van der Waals surface area contributed by atoms with Crippen LogP contribution in [0.1, 0.15) is 45.4 Å². The molecule has 1 saturated heterocycles. The Morgan fingerprint density at radius 3 is 2.63 bits per heavy atom. The molecule has 1 aliphatic carbocycles. The Hall–Kier alpha value is -0.610. The Morgan fingerprint density at radius 2 is 2.00 bits per heavy atom. The third-order valence-electron chi connectivity index (χ3n) is 4.71. The van der Waals surface area contributed by atoms with Gasteiger partial charge in [0.1, 0.15) is 0 Å². The van der Waals surface area contributed by atoms with Crippen LogP contribution < -0.4 is 11.1 Å². The molecule has 0 spiro atoms. The molecule has 2 unspecified atom stereocenters. The Bertz CT molecular complexity index is 287. The van der Waals surface area contributed by atoms with Gasteiger partial charge in [-0.25, -0.2) is 0 Å². The average Bonchev–Trinajstić information content (AvgIpc) is 2.37. The van der Waals surface area contributed by atoms with Crippen LogP contribution in [0.4, 0.5) is 0 Å². The summed E-state index contributed by atoms with van der Waals surface area (Å²) >= 11 is 0. The van der Waals surface area contributed by atoms with E-state index in [0.29, 0.717) is 12.6 Å². The fourth-order valence-electron chi connectivity index (χ4n) is 3.59. The summed E-state index contributed by atoms with van der Waals surface area (Å²) in [6.07, 6.45) is 7.92. The quantitative estimate of drug-likeness (QED) is 0.790. The van der Waals surface area contributed by atoms with Crippen molar-refractivity contribution in [3.63, 3.8) is 0 Å². The number of carbonyl (C=O) groups is 1. The zero-order valence-electron chi connectivity index (χ0n) is 12.2. The zero-order valence-corrected chi connectivity index (χ0v) is 12.2. The third-order valence-corrected chi connectivity index (χ3v) is 4.71. The zero-order chi connectivity index (χ0) is 13.7. The van der Waals surface area contributed by atoms with Crippen molar-refractivity contribution in [3.8, 4) is 0 Å². The Labute approximate surface area is 117 Å². The SMILES string of the molecule is CC1CCCC(CNC2CCN(CC(N)=O)CC2)C1. The molecule has 1 saturated carbocycles. The lowest BCUT2D eigenvalue weighted by molar-refractivity contribution is -0.119. The Balaban J connectivity index is 1.61. The first-order chi connectivity index (χ1) is 9.13. The number of primary amides is 1. The van der Waals surface area contributed by atoms with E-state index in [1.165, 1.54) is 32.2 Å². The van der Waals surface area contributed by atoms with Crippen molar-refractivity contribution in [1.82, 2.24) is 10.2 Å². The van der Waals surface area contributed by atoms with Crippen molar-refractivity contribution < 1.29 is 4.79 Å². The molecule has 4 nitrogen and oxygen atoms in total. The normalized spacial score (nSPS) is 30.4. The molecule has 3 N–H and O–H groups in total. The van der Waals surface area contributed by atoms with Gasteiger partial charge in [0.05, 0.1) is 6.54 Å². The van der Waals surface area contributed by atoms with Crippen LogP contribution in [0.3, 0.4) is 0 Å². The molecule has 1 aliphatic heterocycles. The van der Waals surface area contributed by atoms with E-state index in [4.69, 9.17) is 5.73 Å². The fraction of sp³-hybridized carbons (Fsp3) is 0.933. The van der Waals surface area contributed by atoms with Gasteiger partial charge < -0.3 is 11.1 Å². The maximum Gasteiger partial charge on any atom is 0.231 e. The molecule has 0 radical (unpaired) electrons. The van der Waals surface area contributed by atoms with E-state index >= 15 is 0 Å². The molecule has 2 aliphatic rings. The van der Waals surface area contributed by atoms with Gasteiger partial charge in [-0.15, -0.1) is 0 Å². The minimum Gasteiger partial charge on any atom is -0.369 e. The van der Waals surface area contributed by atoms with Gasteiger partial charge in [0.15, 0.2) is 0 Å². The summed E-state index contributed by atoms with van der Waals surface area (Å²) in [5.74, 6) is 1.59. The van der Waals surface area contributed by atoms with Crippen LogP contribution >= 0.6 is 0 Å². The van der Waals surface area contributed by atoms with E-state index in [1.807, 2.05) is 0 Å². The van der Waals surface area contributed by atoms with Crippen LogP contribution in [0.15, 0.2) is 0 Å². The third kappa shape index (κ3) is 5.11. The molecular formula is C15H29N3O. The van der Waals surface area contributed by atoms with E-state index in [9.17, 15) is 4.79 Å². The standard InChI is InChI=1S/C15H29N3O/c1-12-3-2-4-13(9-12)10-17-14-5-7-18(8-6-14)11-15(16)19/h12-14,17H,2-11H2,1H3,(H2,16,19). The number of amides is 1. The van der Waals surface area contributed by atoms with Crippen LogP contribution in [-0.4, -0.2) is 43.0 Å². The maximum atomic E-state index is 10.9. The number of nitrogens with two attached hydrogens (primary N) is 1. The first kappa shape index (κ1) is 14.8. The minimum atomic E-state index is -0.206. The highest BCUT2D eigenvalue weighted by Gasteiger charge is 2.22. The van der Waals surface area contributed by atoms with Crippen LogP contribution in [0, 0.1) is 11.8 Å². The summed E-state index contributed by atoms with van der Waals surface area (Å²) in [6, 6.07) is 0.640. The van der Waals surface area contributed by atoms with Gasteiger partial charge >= 0.3 is 0 Å². The van der Waals surface area contributed by atoms with Gasteiger partial charge in [-0.2, -0.15) is 0 Å². The lowest BCUT2D eigenvalue weighted by Crippen LogP contribution is -2.46. The number of rotatable bonds is 5. The molecule has 0 aromatic rings. The second kappa shape index (κ2) is 7.25. The molecule has 1 amide bonds. The maximum absolute atomic E-state index is 10.9. The highest BCUT2D eigenvalue weighted by molar-refractivity contribution is 5.75. The summed E-state index contributed by atoms with van der Waals surface area (Å²) in [6.45, 7) is 6.00. The molecule has 4 heteroatoms. The van der Waals surface area contributed by atoms with Crippen molar-refractivity contribution in [3.05, 3.63) is 0 Å². The lowest BCUT2D eigenvalue weighted by atomic mass is 9.82. The summed E-state index contributed by atoms with van der Waals surface area (Å²) in [7, 11) is 0.